The molecule has 0 saturated heterocycles. The number of carbonyl (C=O) groups is 1. The van der Waals surface area contributed by atoms with Gasteiger partial charge in [-0.25, -0.2) is 4.39 Å². The fourth-order valence-corrected chi connectivity index (χ4v) is 1.02. The van der Waals surface area contributed by atoms with Crippen LogP contribution in [-0.2, 0) is 4.79 Å². The first-order valence-corrected chi connectivity index (χ1v) is 4.59. The van der Waals surface area contributed by atoms with Crippen molar-refractivity contribution in [1.29, 1.82) is 0 Å². The Morgan fingerprint density at radius 2 is 2.19 bits per heavy atom. The topological polar surface area (TPSA) is 87.7 Å². The molecule has 0 heterocycles. The number of para-hydroxylation sites is 1. The van der Waals surface area contributed by atoms with E-state index in [1.807, 2.05) is 0 Å². The van der Waals surface area contributed by atoms with Crippen molar-refractivity contribution < 1.29 is 14.4 Å². The maximum atomic E-state index is 13.2. The number of halogens is 1. The molecule has 16 heavy (non-hydrogen) atoms. The molecule has 0 aliphatic carbocycles. The number of benzene rings is 1. The maximum Gasteiger partial charge on any atom is 0.235 e. The molecule has 5 nitrogen and oxygen atoms in total. The second-order valence-electron chi connectivity index (χ2n) is 3.22. The Morgan fingerprint density at radius 1 is 1.56 bits per heavy atom. The summed E-state index contributed by atoms with van der Waals surface area (Å²) in [6.45, 7) is 1.45. The summed E-state index contributed by atoms with van der Waals surface area (Å²) in [5, 5.41) is 13.4. The van der Waals surface area contributed by atoms with Gasteiger partial charge in [-0.15, -0.1) is 0 Å². The molecule has 0 fully saturated rings. The van der Waals surface area contributed by atoms with Crippen LogP contribution in [0.2, 0.25) is 0 Å². The first-order valence-electron chi connectivity index (χ1n) is 4.59. The number of carbonyl (C=O) groups excluding carboxylic acids is 1. The van der Waals surface area contributed by atoms with Crippen LogP contribution in [0.5, 0.6) is 0 Å². The minimum atomic E-state index is -0.829. The van der Waals surface area contributed by atoms with Gasteiger partial charge in [0.15, 0.2) is 5.84 Å². The van der Waals surface area contributed by atoms with Crippen LogP contribution in [0.25, 0.3) is 0 Å². The van der Waals surface area contributed by atoms with E-state index < -0.39 is 17.6 Å². The van der Waals surface area contributed by atoms with E-state index in [9.17, 15) is 9.18 Å². The Kier molecular flexibility index (Phi) is 3.82. The largest absolute Gasteiger partial charge is 0.409 e. The Morgan fingerprint density at radius 3 is 2.75 bits per heavy atom. The fourth-order valence-electron chi connectivity index (χ4n) is 1.02. The maximum absolute atomic E-state index is 13.2. The van der Waals surface area contributed by atoms with Crippen LogP contribution in [0.15, 0.2) is 29.4 Å². The number of nitrogens with zero attached hydrogens (tertiary/aromatic N) is 1. The van der Waals surface area contributed by atoms with Crippen molar-refractivity contribution in [3.05, 3.63) is 30.1 Å². The van der Waals surface area contributed by atoms with Gasteiger partial charge in [-0.1, -0.05) is 17.3 Å². The van der Waals surface area contributed by atoms with Crippen molar-refractivity contribution in [3.8, 4) is 0 Å². The Bertz CT molecular complexity index is 420. The Balaban J connectivity index is 2.76. The Labute approximate surface area is 91.8 Å². The lowest BCUT2D eigenvalue weighted by atomic mass is 10.1. The minimum absolute atomic E-state index is 0.0603. The summed E-state index contributed by atoms with van der Waals surface area (Å²) >= 11 is 0. The predicted octanol–water partition coefficient (Wildman–Crippen LogP) is 1.15. The third kappa shape index (κ3) is 2.69. The summed E-state index contributed by atoms with van der Waals surface area (Å²) in [6.07, 6.45) is 0. The van der Waals surface area contributed by atoms with Gasteiger partial charge in [0, 0.05) is 0 Å². The minimum Gasteiger partial charge on any atom is -0.409 e. The van der Waals surface area contributed by atoms with E-state index in [0.29, 0.717) is 0 Å². The molecule has 0 spiro atoms. The number of nitrogens with one attached hydrogen (secondary N) is 1. The highest BCUT2D eigenvalue weighted by Gasteiger charge is 2.18. The molecule has 1 atom stereocenters. The molecule has 1 amide bonds. The van der Waals surface area contributed by atoms with Crippen LogP contribution in [0.4, 0.5) is 10.1 Å². The van der Waals surface area contributed by atoms with Gasteiger partial charge in [0.25, 0.3) is 0 Å². The van der Waals surface area contributed by atoms with Gasteiger partial charge in [0.2, 0.25) is 5.91 Å². The summed E-state index contributed by atoms with van der Waals surface area (Å²) in [6, 6.07) is 5.75. The molecule has 1 aromatic rings. The first-order chi connectivity index (χ1) is 7.56. The standard InChI is InChI=1S/C10H12FN3O2/c1-6(9(12)14-16)10(15)13-8-5-3-2-4-7(8)11/h2-6,16H,1H3,(H2,12,14)(H,13,15). The zero-order chi connectivity index (χ0) is 12.1. The van der Waals surface area contributed by atoms with E-state index in [4.69, 9.17) is 10.9 Å². The van der Waals surface area contributed by atoms with Gasteiger partial charge >= 0.3 is 0 Å². The van der Waals surface area contributed by atoms with E-state index in [-0.39, 0.29) is 11.5 Å². The van der Waals surface area contributed by atoms with Crippen LogP contribution in [0, 0.1) is 11.7 Å². The zero-order valence-corrected chi connectivity index (χ0v) is 8.64. The van der Waals surface area contributed by atoms with Crippen molar-refractivity contribution in [2.24, 2.45) is 16.8 Å². The Hall–Kier alpha value is -2.11. The van der Waals surface area contributed by atoms with Crippen LogP contribution in [0.1, 0.15) is 6.92 Å². The smallest absolute Gasteiger partial charge is 0.235 e. The van der Waals surface area contributed by atoms with Crippen LogP contribution >= 0.6 is 0 Å². The quantitative estimate of drug-likeness (QED) is 0.312. The molecule has 0 aliphatic rings. The van der Waals surface area contributed by atoms with Crippen LogP contribution in [0.3, 0.4) is 0 Å². The van der Waals surface area contributed by atoms with Gasteiger partial charge < -0.3 is 16.3 Å². The number of anilines is 1. The molecule has 0 aromatic heterocycles. The van der Waals surface area contributed by atoms with Crippen molar-refractivity contribution >= 4 is 17.4 Å². The second-order valence-corrected chi connectivity index (χ2v) is 3.22. The normalized spacial score (nSPS) is 13.2. The number of rotatable bonds is 3. The number of nitrogens with two attached hydrogens (primary N) is 1. The summed E-state index contributed by atoms with van der Waals surface area (Å²) in [7, 11) is 0. The number of hydrogen-bond acceptors (Lipinski definition) is 3. The van der Waals surface area contributed by atoms with Crippen LogP contribution in [-0.4, -0.2) is 17.0 Å². The molecule has 0 radical (unpaired) electrons. The molecular weight excluding hydrogens is 213 g/mol. The second kappa shape index (κ2) is 5.11. The monoisotopic (exact) mass is 225 g/mol. The number of amides is 1. The van der Waals surface area contributed by atoms with E-state index in [1.165, 1.54) is 25.1 Å². The van der Waals surface area contributed by atoms with Gasteiger partial charge in [-0.3, -0.25) is 4.79 Å². The highest BCUT2D eigenvalue weighted by Crippen LogP contribution is 2.13. The molecule has 0 saturated carbocycles. The average molecular weight is 225 g/mol. The number of amidine groups is 1. The van der Waals surface area contributed by atoms with Crippen LogP contribution < -0.4 is 11.1 Å². The molecule has 0 aliphatic heterocycles. The van der Waals surface area contributed by atoms with Gasteiger partial charge in [0.05, 0.1) is 11.6 Å². The van der Waals surface area contributed by atoms with E-state index in [2.05, 4.69) is 10.5 Å². The molecule has 1 rings (SSSR count). The highest BCUT2D eigenvalue weighted by molar-refractivity contribution is 6.07. The summed E-state index contributed by atoms with van der Waals surface area (Å²) in [5.41, 5.74) is 5.31. The average Bonchev–Trinajstić information content (AvgIpc) is 2.30. The van der Waals surface area contributed by atoms with Crippen molar-refractivity contribution in [3.63, 3.8) is 0 Å². The SMILES string of the molecule is CC(C(=O)Nc1ccccc1F)C(N)=NO. The van der Waals surface area contributed by atoms with E-state index in [0.717, 1.165) is 0 Å². The zero-order valence-electron chi connectivity index (χ0n) is 8.64. The predicted molar refractivity (Wildman–Crippen MR) is 57.6 cm³/mol. The van der Waals surface area contributed by atoms with Gasteiger partial charge in [-0.05, 0) is 19.1 Å². The number of hydrogen-bond donors (Lipinski definition) is 3. The van der Waals surface area contributed by atoms with Crippen molar-refractivity contribution in [2.75, 3.05) is 5.32 Å². The molecule has 1 unspecified atom stereocenters. The summed E-state index contributed by atoms with van der Waals surface area (Å²) in [4.78, 5) is 11.5. The van der Waals surface area contributed by atoms with Crippen molar-refractivity contribution in [1.82, 2.24) is 0 Å². The number of oxime groups is 1. The first kappa shape index (κ1) is 12.0. The third-order valence-corrected chi connectivity index (χ3v) is 2.08. The molecular formula is C10H12FN3O2. The molecule has 0 bridgehead atoms. The van der Waals surface area contributed by atoms with Gasteiger partial charge in [-0.2, -0.15) is 0 Å². The molecule has 86 valence electrons. The lowest BCUT2D eigenvalue weighted by molar-refractivity contribution is -0.117. The fraction of sp³-hybridized carbons (Fsp3) is 0.200. The lowest BCUT2D eigenvalue weighted by Gasteiger charge is -2.10. The molecule has 6 heteroatoms. The molecule has 4 N–H and O–H groups in total. The lowest BCUT2D eigenvalue weighted by Crippen LogP contribution is -2.32. The summed E-state index contributed by atoms with van der Waals surface area (Å²) < 4.78 is 13.2. The molecule has 1 aromatic carbocycles. The third-order valence-electron chi connectivity index (χ3n) is 2.08. The van der Waals surface area contributed by atoms with Gasteiger partial charge in [0.1, 0.15) is 5.82 Å². The highest BCUT2D eigenvalue weighted by atomic mass is 19.1. The van der Waals surface area contributed by atoms with Crippen molar-refractivity contribution in [2.45, 2.75) is 6.92 Å². The van der Waals surface area contributed by atoms with E-state index in [1.54, 1.807) is 6.07 Å². The van der Waals surface area contributed by atoms with E-state index >= 15 is 0 Å². The summed E-state index contributed by atoms with van der Waals surface area (Å²) in [5.74, 6) is -2.14.